The van der Waals surface area contributed by atoms with Gasteiger partial charge in [0.05, 0.1) is 18.0 Å². The summed E-state index contributed by atoms with van der Waals surface area (Å²) in [6.07, 6.45) is 5.34. The van der Waals surface area contributed by atoms with Crippen LogP contribution in [0, 0.1) is 12.8 Å². The topological polar surface area (TPSA) is 72.8 Å². The quantitative estimate of drug-likeness (QED) is 0.665. The van der Waals surface area contributed by atoms with Crippen molar-refractivity contribution in [2.45, 2.75) is 39.5 Å². The molecule has 1 N–H and O–H groups in total. The van der Waals surface area contributed by atoms with E-state index in [1.807, 2.05) is 37.5 Å². The van der Waals surface area contributed by atoms with Crippen LogP contribution in [-0.2, 0) is 0 Å². The van der Waals surface area contributed by atoms with Crippen molar-refractivity contribution in [1.29, 1.82) is 0 Å². The van der Waals surface area contributed by atoms with Crippen LogP contribution >= 0.6 is 0 Å². The molecule has 150 valence electrons. The van der Waals surface area contributed by atoms with Gasteiger partial charge < -0.3 is 10.1 Å². The van der Waals surface area contributed by atoms with Crippen molar-refractivity contribution < 1.29 is 4.74 Å². The van der Waals surface area contributed by atoms with Crippen LogP contribution in [0.2, 0.25) is 0 Å². The molecule has 4 rings (SSSR count). The first kappa shape index (κ1) is 19.3. The van der Waals surface area contributed by atoms with Crippen molar-refractivity contribution in [3.05, 3.63) is 59.9 Å². The van der Waals surface area contributed by atoms with Crippen LogP contribution in [0.5, 0.6) is 5.75 Å². The third-order valence-corrected chi connectivity index (χ3v) is 5.73. The molecule has 0 fully saturated rings. The molecule has 3 aromatic rings. The van der Waals surface area contributed by atoms with E-state index in [9.17, 15) is 0 Å². The molecule has 0 aliphatic carbocycles. The number of rotatable bonds is 6. The Hall–Kier alpha value is -3.02. The van der Waals surface area contributed by atoms with E-state index in [-0.39, 0.29) is 0 Å². The maximum Gasteiger partial charge on any atom is 0.144 e. The minimum Gasteiger partial charge on any atom is -0.491 e. The molecule has 3 aromatic heterocycles. The Morgan fingerprint density at radius 3 is 2.79 bits per heavy atom. The first-order valence-corrected chi connectivity index (χ1v) is 10.1. The second-order valence-corrected chi connectivity index (χ2v) is 7.95. The number of fused-ring (bicyclic) bond motifs is 1. The Kier molecular flexibility index (Phi) is 5.43. The number of hydrogen-bond acceptors (Lipinski definition) is 6. The lowest BCUT2D eigenvalue weighted by Crippen LogP contribution is -2.18. The molecule has 1 aliphatic heterocycles. The summed E-state index contributed by atoms with van der Waals surface area (Å²) in [5.74, 6) is 2.89. The Bertz CT molecular complexity index is 989. The Balaban J connectivity index is 1.44. The zero-order chi connectivity index (χ0) is 20.4. The van der Waals surface area contributed by atoms with Crippen LogP contribution in [0.15, 0.2) is 43.0 Å². The van der Waals surface area contributed by atoms with E-state index in [0.29, 0.717) is 17.8 Å². The van der Waals surface area contributed by atoms with E-state index in [2.05, 4.69) is 52.1 Å². The van der Waals surface area contributed by atoms with Crippen LogP contribution < -0.4 is 10.1 Å². The van der Waals surface area contributed by atoms with E-state index in [1.165, 1.54) is 5.56 Å². The number of anilines is 1. The van der Waals surface area contributed by atoms with E-state index in [4.69, 9.17) is 4.74 Å². The maximum atomic E-state index is 5.94. The molecule has 1 unspecified atom stereocenters. The molecule has 4 heterocycles. The molecular formula is C23H27N5O. The predicted octanol–water partition coefficient (Wildman–Crippen LogP) is 4.59. The predicted molar refractivity (Wildman–Crippen MR) is 114 cm³/mol. The molecule has 0 saturated carbocycles. The van der Waals surface area contributed by atoms with Gasteiger partial charge in [-0.3, -0.25) is 9.97 Å². The first-order chi connectivity index (χ1) is 14.0. The zero-order valence-corrected chi connectivity index (χ0v) is 17.4. The Morgan fingerprint density at radius 2 is 2.00 bits per heavy atom. The maximum absolute atomic E-state index is 5.94. The van der Waals surface area contributed by atoms with Crippen molar-refractivity contribution in [2.75, 3.05) is 18.5 Å². The Morgan fingerprint density at radius 1 is 1.14 bits per heavy atom. The van der Waals surface area contributed by atoms with Gasteiger partial charge in [-0.1, -0.05) is 20.8 Å². The molecule has 3 atom stereocenters. The van der Waals surface area contributed by atoms with Gasteiger partial charge in [0, 0.05) is 47.7 Å². The SMILES string of the molecule is Cc1ccc(-c2cc(NC[C@@H](C)C(C)c3ccnc4c3OC[C@@H]4C)ncn2)cn1. The highest BCUT2D eigenvalue weighted by molar-refractivity contribution is 5.61. The van der Waals surface area contributed by atoms with Crippen molar-refractivity contribution in [3.63, 3.8) is 0 Å². The third kappa shape index (κ3) is 4.06. The van der Waals surface area contributed by atoms with Crippen molar-refractivity contribution in [2.24, 2.45) is 5.92 Å². The molecule has 6 nitrogen and oxygen atoms in total. The molecule has 0 aromatic carbocycles. The highest BCUT2D eigenvalue weighted by atomic mass is 16.5. The molecule has 0 bridgehead atoms. The summed E-state index contributed by atoms with van der Waals surface area (Å²) in [6, 6.07) is 8.08. The fourth-order valence-electron chi connectivity index (χ4n) is 3.61. The highest BCUT2D eigenvalue weighted by Gasteiger charge is 2.28. The second-order valence-electron chi connectivity index (χ2n) is 7.95. The van der Waals surface area contributed by atoms with Crippen molar-refractivity contribution in [1.82, 2.24) is 19.9 Å². The fourth-order valence-corrected chi connectivity index (χ4v) is 3.61. The van der Waals surface area contributed by atoms with Crippen LogP contribution in [0.25, 0.3) is 11.3 Å². The first-order valence-electron chi connectivity index (χ1n) is 10.1. The number of ether oxygens (including phenoxy) is 1. The highest BCUT2D eigenvalue weighted by Crippen LogP contribution is 2.40. The summed E-state index contributed by atoms with van der Waals surface area (Å²) >= 11 is 0. The second kappa shape index (κ2) is 8.15. The molecular weight excluding hydrogens is 362 g/mol. The van der Waals surface area contributed by atoms with Gasteiger partial charge in [-0.25, -0.2) is 9.97 Å². The summed E-state index contributed by atoms with van der Waals surface area (Å²) < 4.78 is 5.94. The number of nitrogens with one attached hydrogen (secondary N) is 1. The Labute approximate surface area is 171 Å². The average Bonchev–Trinajstić information content (AvgIpc) is 3.13. The molecule has 0 spiro atoms. The number of aryl methyl sites for hydroxylation is 1. The van der Waals surface area contributed by atoms with Gasteiger partial charge >= 0.3 is 0 Å². The lowest BCUT2D eigenvalue weighted by Gasteiger charge is -2.22. The van der Waals surface area contributed by atoms with Crippen molar-refractivity contribution in [3.8, 4) is 17.0 Å². The summed E-state index contributed by atoms with van der Waals surface area (Å²) in [5.41, 5.74) is 5.17. The monoisotopic (exact) mass is 389 g/mol. The minimum absolute atomic E-state index is 0.340. The fraction of sp³-hybridized carbons (Fsp3) is 0.391. The molecule has 29 heavy (non-hydrogen) atoms. The zero-order valence-electron chi connectivity index (χ0n) is 17.4. The molecule has 0 amide bonds. The summed E-state index contributed by atoms with van der Waals surface area (Å²) in [6.45, 7) is 10.1. The number of aromatic nitrogens is 4. The van der Waals surface area contributed by atoms with Gasteiger partial charge in [0.25, 0.3) is 0 Å². The summed E-state index contributed by atoms with van der Waals surface area (Å²) in [4.78, 5) is 17.6. The third-order valence-electron chi connectivity index (χ3n) is 5.73. The van der Waals surface area contributed by atoms with Gasteiger partial charge in [-0.2, -0.15) is 0 Å². The van der Waals surface area contributed by atoms with E-state index < -0.39 is 0 Å². The van der Waals surface area contributed by atoms with Crippen LogP contribution in [-0.4, -0.2) is 33.1 Å². The van der Waals surface area contributed by atoms with Crippen LogP contribution in [0.3, 0.4) is 0 Å². The molecule has 0 saturated heterocycles. The lowest BCUT2D eigenvalue weighted by molar-refractivity contribution is 0.330. The van der Waals surface area contributed by atoms with Crippen LogP contribution in [0.4, 0.5) is 5.82 Å². The van der Waals surface area contributed by atoms with Crippen molar-refractivity contribution >= 4 is 5.82 Å². The summed E-state index contributed by atoms with van der Waals surface area (Å²) in [5, 5.41) is 3.47. The number of nitrogens with zero attached hydrogens (tertiary/aromatic N) is 4. The van der Waals surface area contributed by atoms with Gasteiger partial charge in [-0.15, -0.1) is 0 Å². The largest absolute Gasteiger partial charge is 0.491 e. The van der Waals surface area contributed by atoms with Crippen LogP contribution in [0.1, 0.15) is 49.6 Å². The normalized spacial score (nSPS) is 17.3. The van der Waals surface area contributed by atoms with Gasteiger partial charge in [0.1, 0.15) is 17.9 Å². The smallest absolute Gasteiger partial charge is 0.144 e. The average molecular weight is 390 g/mol. The van der Waals surface area contributed by atoms with Gasteiger partial charge in [0.15, 0.2) is 0 Å². The molecule has 1 aliphatic rings. The van der Waals surface area contributed by atoms with Gasteiger partial charge in [0.2, 0.25) is 0 Å². The number of pyridine rings is 2. The minimum atomic E-state index is 0.340. The van der Waals surface area contributed by atoms with Gasteiger partial charge in [-0.05, 0) is 37.0 Å². The molecule has 0 radical (unpaired) electrons. The van der Waals surface area contributed by atoms with E-state index in [1.54, 1.807) is 6.33 Å². The standard InChI is InChI=1S/C23H27N5O/c1-14(17(4)19-7-8-24-22-15(2)12-29-23(19)22)10-26-21-9-20(27-13-28-21)18-6-5-16(3)25-11-18/h5-9,11,13-15,17H,10,12H2,1-4H3,(H,26,27,28)/t14-,15+,17?/m1/s1. The van der Waals surface area contributed by atoms with E-state index >= 15 is 0 Å². The molecule has 6 heteroatoms. The van der Waals surface area contributed by atoms with E-state index in [0.717, 1.165) is 47.4 Å². The number of hydrogen-bond donors (Lipinski definition) is 1. The lowest BCUT2D eigenvalue weighted by atomic mass is 9.88. The summed E-state index contributed by atoms with van der Waals surface area (Å²) in [7, 11) is 0.